The molecule has 1 aliphatic heterocycles. The van der Waals surface area contributed by atoms with Crippen LogP contribution in [0, 0.1) is 11.8 Å². The molecule has 5 nitrogen and oxygen atoms in total. The first-order valence-electron chi connectivity index (χ1n) is 16.2. The smallest absolute Gasteiger partial charge is 0.255 e. The van der Waals surface area contributed by atoms with E-state index in [4.69, 9.17) is 0 Å². The molecule has 5 heteroatoms. The Bertz CT molecular complexity index is 1120. The minimum Gasteiger partial charge on any atom is -0.342 e. The third-order valence-corrected chi connectivity index (χ3v) is 9.24. The van der Waals surface area contributed by atoms with E-state index in [2.05, 4.69) is 61.9 Å². The molecule has 0 bridgehead atoms. The van der Waals surface area contributed by atoms with Crippen LogP contribution >= 0.6 is 0 Å². The Kier molecular flexibility index (Phi) is 11.1. The summed E-state index contributed by atoms with van der Waals surface area (Å²) in [6, 6.07) is 16.7. The Morgan fingerprint density at radius 2 is 1.66 bits per heavy atom. The van der Waals surface area contributed by atoms with E-state index in [1.54, 1.807) is 0 Å². The summed E-state index contributed by atoms with van der Waals surface area (Å²) in [4.78, 5) is 30.8. The second-order valence-electron chi connectivity index (χ2n) is 13.6. The van der Waals surface area contributed by atoms with Crippen LogP contribution in [0.1, 0.15) is 107 Å². The molecule has 4 rings (SSSR count). The van der Waals surface area contributed by atoms with Crippen LogP contribution in [-0.2, 0) is 16.6 Å². The lowest BCUT2D eigenvalue weighted by Gasteiger charge is -2.38. The quantitative estimate of drug-likeness (QED) is 0.325. The lowest BCUT2D eigenvalue weighted by Crippen LogP contribution is -2.46. The molecule has 0 radical (unpaired) electrons. The molecule has 1 unspecified atom stereocenters. The van der Waals surface area contributed by atoms with E-state index in [0.29, 0.717) is 23.4 Å². The molecule has 1 N–H and O–H groups in total. The van der Waals surface area contributed by atoms with Gasteiger partial charge < -0.3 is 15.1 Å². The zero-order chi connectivity index (χ0) is 29.4. The first-order valence-corrected chi connectivity index (χ1v) is 16.2. The predicted octanol–water partition coefficient (Wildman–Crippen LogP) is 7.70. The van der Waals surface area contributed by atoms with Crippen LogP contribution < -0.4 is 5.32 Å². The minimum absolute atomic E-state index is 0.0661. The molecule has 41 heavy (non-hydrogen) atoms. The van der Waals surface area contributed by atoms with Gasteiger partial charge in [-0.2, -0.15) is 0 Å². The second kappa shape index (κ2) is 14.5. The summed E-state index contributed by atoms with van der Waals surface area (Å²) >= 11 is 0. The van der Waals surface area contributed by atoms with Crippen molar-refractivity contribution < 1.29 is 9.59 Å². The van der Waals surface area contributed by atoms with E-state index < -0.39 is 0 Å². The average molecular weight is 560 g/mol. The van der Waals surface area contributed by atoms with Gasteiger partial charge in [0.1, 0.15) is 0 Å². The van der Waals surface area contributed by atoms with Crippen molar-refractivity contribution in [2.24, 2.45) is 11.8 Å². The molecular weight excluding hydrogens is 506 g/mol. The number of carbonyl (C=O) groups is 2. The van der Waals surface area contributed by atoms with E-state index >= 15 is 0 Å². The van der Waals surface area contributed by atoms with Gasteiger partial charge in [0.25, 0.3) is 5.91 Å². The third kappa shape index (κ3) is 8.91. The van der Waals surface area contributed by atoms with Crippen molar-refractivity contribution in [2.75, 3.05) is 31.5 Å². The number of piperidine rings is 1. The van der Waals surface area contributed by atoms with Crippen LogP contribution in [-0.4, -0.2) is 53.8 Å². The number of carbonyl (C=O) groups excluding carboxylic acids is 2. The summed E-state index contributed by atoms with van der Waals surface area (Å²) in [5.74, 6) is 1.29. The average Bonchev–Trinajstić information content (AvgIpc) is 2.97. The van der Waals surface area contributed by atoms with Gasteiger partial charge in [0, 0.05) is 42.8 Å². The molecule has 2 aromatic carbocycles. The Balaban J connectivity index is 1.29. The Morgan fingerprint density at radius 3 is 2.29 bits per heavy atom. The molecule has 2 fully saturated rings. The van der Waals surface area contributed by atoms with Gasteiger partial charge in [-0.3, -0.25) is 9.59 Å². The van der Waals surface area contributed by atoms with E-state index in [0.717, 1.165) is 70.4 Å². The van der Waals surface area contributed by atoms with Crippen LogP contribution in [0.2, 0.25) is 0 Å². The molecule has 1 saturated heterocycles. The first-order chi connectivity index (χ1) is 19.6. The number of amides is 2. The molecular formula is C36H53N3O2. The fourth-order valence-corrected chi connectivity index (χ4v) is 6.63. The van der Waals surface area contributed by atoms with Crippen LogP contribution in [0.25, 0.3) is 0 Å². The van der Waals surface area contributed by atoms with Crippen molar-refractivity contribution >= 4 is 17.5 Å². The van der Waals surface area contributed by atoms with Crippen molar-refractivity contribution in [2.45, 2.75) is 104 Å². The maximum Gasteiger partial charge on any atom is 0.255 e. The minimum atomic E-state index is -0.0726. The monoisotopic (exact) mass is 559 g/mol. The lowest BCUT2D eigenvalue weighted by molar-refractivity contribution is -0.138. The van der Waals surface area contributed by atoms with Crippen LogP contribution in [0.5, 0.6) is 0 Å². The van der Waals surface area contributed by atoms with E-state index in [-0.39, 0.29) is 17.2 Å². The summed E-state index contributed by atoms with van der Waals surface area (Å²) in [5.41, 5.74) is 4.05. The normalized spacial score (nSPS) is 18.0. The summed E-state index contributed by atoms with van der Waals surface area (Å²) < 4.78 is 0. The maximum absolute atomic E-state index is 13.0. The molecule has 1 heterocycles. The number of nitrogens with zero attached hydrogens (tertiary/aromatic N) is 2. The highest BCUT2D eigenvalue weighted by molar-refractivity contribution is 6.04. The lowest BCUT2D eigenvalue weighted by atomic mass is 9.87. The fourth-order valence-electron chi connectivity index (χ4n) is 6.63. The zero-order valence-corrected chi connectivity index (χ0v) is 26.3. The zero-order valence-electron chi connectivity index (χ0n) is 26.3. The third-order valence-electron chi connectivity index (χ3n) is 9.24. The number of anilines is 1. The number of hydrogen-bond donors (Lipinski definition) is 1. The largest absolute Gasteiger partial charge is 0.342 e. The molecule has 1 aliphatic carbocycles. The predicted molar refractivity (Wildman–Crippen MR) is 170 cm³/mol. The standard InChI is InChI=1S/C36H53N3O2/c1-6-21-39(26-28-19-22-38(23-20-28)35(41)31-12-8-7-9-13-31)27(2)24-29-11-10-14-33(25-29)37-34(40)30-15-17-32(18-16-30)36(3,4)5/h10-11,14-18,25,27-28,31H,6-9,12-13,19-24,26H2,1-5H3,(H,37,40). The second-order valence-corrected chi connectivity index (χ2v) is 13.6. The van der Waals surface area contributed by atoms with Crippen LogP contribution in [0.4, 0.5) is 5.69 Å². The molecule has 224 valence electrons. The Morgan fingerprint density at radius 1 is 0.976 bits per heavy atom. The maximum atomic E-state index is 13.0. The van der Waals surface area contributed by atoms with Crippen molar-refractivity contribution in [3.8, 4) is 0 Å². The molecule has 2 amide bonds. The van der Waals surface area contributed by atoms with Gasteiger partial charge in [-0.1, -0.05) is 71.2 Å². The summed E-state index contributed by atoms with van der Waals surface area (Å²) in [6.07, 6.45) is 10.2. The highest BCUT2D eigenvalue weighted by atomic mass is 16.2. The van der Waals surface area contributed by atoms with Crippen molar-refractivity contribution in [1.29, 1.82) is 0 Å². The van der Waals surface area contributed by atoms with Crippen molar-refractivity contribution in [3.63, 3.8) is 0 Å². The number of hydrogen-bond acceptors (Lipinski definition) is 3. The highest BCUT2D eigenvalue weighted by Gasteiger charge is 2.30. The van der Waals surface area contributed by atoms with Gasteiger partial charge in [0.2, 0.25) is 5.91 Å². The number of nitrogens with one attached hydrogen (secondary N) is 1. The molecule has 1 saturated carbocycles. The number of rotatable bonds is 10. The van der Waals surface area contributed by atoms with Gasteiger partial charge in [-0.15, -0.1) is 0 Å². The molecule has 0 aromatic heterocycles. The van der Waals surface area contributed by atoms with Gasteiger partial charge in [0.15, 0.2) is 0 Å². The molecule has 2 aromatic rings. The molecule has 0 spiro atoms. The molecule has 1 atom stereocenters. The van der Waals surface area contributed by atoms with Gasteiger partial charge >= 0.3 is 0 Å². The van der Waals surface area contributed by atoms with Crippen LogP contribution in [0.15, 0.2) is 48.5 Å². The SMILES string of the molecule is CCCN(CC1CCN(C(=O)C2CCCCC2)CC1)C(C)Cc1cccc(NC(=O)c2ccc(C(C)(C)C)cc2)c1. The Hall–Kier alpha value is -2.66. The van der Waals surface area contributed by atoms with E-state index in [1.165, 1.54) is 30.4 Å². The number of likely N-dealkylation sites (tertiary alicyclic amines) is 1. The first kappa shape index (κ1) is 31.3. The van der Waals surface area contributed by atoms with Crippen molar-refractivity contribution in [3.05, 3.63) is 65.2 Å². The van der Waals surface area contributed by atoms with E-state index in [9.17, 15) is 9.59 Å². The topological polar surface area (TPSA) is 52.6 Å². The summed E-state index contributed by atoms with van der Waals surface area (Å²) in [5, 5.41) is 3.10. The highest BCUT2D eigenvalue weighted by Crippen LogP contribution is 2.28. The van der Waals surface area contributed by atoms with E-state index in [1.807, 2.05) is 36.4 Å². The summed E-state index contributed by atoms with van der Waals surface area (Å²) in [7, 11) is 0. The molecule has 2 aliphatic rings. The fraction of sp³-hybridized carbons (Fsp3) is 0.611. The Labute approximate surface area is 249 Å². The van der Waals surface area contributed by atoms with Crippen LogP contribution in [0.3, 0.4) is 0 Å². The summed E-state index contributed by atoms with van der Waals surface area (Å²) in [6.45, 7) is 15.2. The van der Waals surface area contributed by atoms with Gasteiger partial charge in [0.05, 0.1) is 0 Å². The van der Waals surface area contributed by atoms with Gasteiger partial charge in [-0.25, -0.2) is 0 Å². The number of benzene rings is 2. The van der Waals surface area contributed by atoms with Gasteiger partial charge in [-0.05, 0) is 98.7 Å². The van der Waals surface area contributed by atoms with Crippen molar-refractivity contribution in [1.82, 2.24) is 9.80 Å².